The Hall–Kier alpha value is -3.70. The predicted molar refractivity (Wildman–Crippen MR) is 134 cm³/mol. The molecule has 3 aromatic carbocycles. The van der Waals surface area contributed by atoms with Crippen LogP contribution in [0.3, 0.4) is 0 Å². The molecule has 4 nitrogen and oxygen atoms in total. The third-order valence-corrected chi connectivity index (χ3v) is 6.67. The summed E-state index contributed by atoms with van der Waals surface area (Å²) in [4.78, 5) is 10.9. The standard InChI is InChI=1S/C28H22ClFN2O2/c29-23-15-17(10-14-25(33)34)9-12-21(23)27(20-11-13-24-22(16-20)28(30)32-31-24)26(19-7-4-8-19)18-5-2-1-3-6-18/h1-3,5-6,9-16,19H,4,7-8H2,(H,31,32)(H,33,34). The first kappa shape index (κ1) is 22.1. The molecule has 1 aliphatic rings. The minimum atomic E-state index is -1.02. The molecule has 0 unspecified atom stereocenters. The minimum Gasteiger partial charge on any atom is -0.478 e. The number of aromatic amines is 1. The fourth-order valence-corrected chi connectivity index (χ4v) is 4.78. The maximum Gasteiger partial charge on any atom is 0.328 e. The van der Waals surface area contributed by atoms with Crippen LogP contribution in [0.15, 0.2) is 72.8 Å². The summed E-state index contributed by atoms with van der Waals surface area (Å²) in [5, 5.41) is 16.3. The fourth-order valence-electron chi connectivity index (χ4n) is 4.50. The highest BCUT2D eigenvalue weighted by Gasteiger charge is 2.28. The van der Waals surface area contributed by atoms with E-state index in [1.54, 1.807) is 6.07 Å². The number of hydrogen-bond acceptors (Lipinski definition) is 2. The maximum absolute atomic E-state index is 14.4. The van der Waals surface area contributed by atoms with Gasteiger partial charge in [0, 0.05) is 16.7 Å². The molecule has 2 N–H and O–H groups in total. The molecule has 34 heavy (non-hydrogen) atoms. The Morgan fingerprint density at radius 3 is 2.53 bits per heavy atom. The Morgan fingerprint density at radius 2 is 1.85 bits per heavy atom. The third-order valence-electron chi connectivity index (χ3n) is 6.35. The Labute approximate surface area is 201 Å². The summed E-state index contributed by atoms with van der Waals surface area (Å²) in [7, 11) is 0. The van der Waals surface area contributed by atoms with E-state index in [1.807, 2.05) is 48.5 Å². The van der Waals surface area contributed by atoms with E-state index in [0.29, 0.717) is 27.4 Å². The van der Waals surface area contributed by atoms with Crippen molar-refractivity contribution in [3.63, 3.8) is 0 Å². The molecule has 6 heteroatoms. The van der Waals surface area contributed by atoms with Crippen molar-refractivity contribution in [1.82, 2.24) is 10.2 Å². The van der Waals surface area contributed by atoms with Crippen molar-refractivity contribution >= 4 is 45.7 Å². The monoisotopic (exact) mass is 472 g/mol. The van der Waals surface area contributed by atoms with Crippen LogP contribution in [0.4, 0.5) is 4.39 Å². The van der Waals surface area contributed by atoms with Crippen LogP contribution in [0.2, 0.25) is 5.02 Å². The van der Waals surface area contributed by atoms with Gasteiger partial charge in [0.05, 0.1) is 10.9 Å². The molecule has 1 saturated carbocycles. The van der Waals surface area contributed by atoms with Crippen LogP contribution in [0.1, 0.15) is 41.5 Å². The zero-order chi connectivity index (χ0) is 23.7. The molecular weight excluding hydrogens is 451 g/mol. The van der Waals surface area contributed by atoms with E-state index < -0.39 is 11.9 Å². The van der Waals surface area contributed by atoms with Gasteiger partial charge in [-0.1, -0.05) is 66.6 Å². The fraction of sp³-hybridized carbons (Fsp3) is 0.143. The zero-order valence-electron chi connectivity index (χ0n) is 18.3. The molecule has 0 bridgehead atoms. The lowest BCUT2D eigenvalue weighted by Gasteiger charge is -2.32. The van der Waals surface area contributed by atoms with Gasteiger partial charge in [-0.15, -0.1) is 5.10 Å². The minimum absolute atomic E-state index is 0.366. The molecule has 5 rings (SSSR count). The Balaban J connectivity index is 1.77. The topological polar surface area (TPSA) is 66.0 Å². The van der Waals surface area contributed by atoms with Crippen molar-refractivity contribution in [1.29, 1.82) is 0 Å². The zero-order valence-corrected chi connectivity index (χ0v) is 19.0. The van der Waals surface area contributed by atoms with Crippen molar-refractivity contribution in [3.05, 3.63) is 106 Å². The van der Waals surface area contributed by atoms with E-state index >= 15 is 0 Å². The number of H-pyrrole nitrogens is 1. The number of carboxylic acid groups (broad SMARTS) is 1. The summed E-state index contributed by atoms with van der Waals surface area (Å²) in [5.74, 6) is -1.20. The van der Waals surface area contributed by atoms with Gasteiger partial charge < -0.3 is 5.11 Å². The molecule has 0 atom stereocenters. The van der Waals surface area contributed by atoms with Crippen LogP contribution in [0.25, 0.3) is 28.1 Å². The summed E-state index contributed by atoms with van der Waals surface area (Å²) >= 11 is 6.81. The number of nitrogens with one attached hydrogen (secondary N) is 1. The van der Waals surface area contributed by atoms with Gasteiger partial charge in [0.25, 0.3) is 0 Å². The Morgan fingerprint density at radius 1 is 1.06 bits per heavy atom. The van der Waals surface area contributed by atoms with E-state index in [0.717, 1.165) is 47.6 Å². The highest BCUT2D eigenvalue weighted by Crippen LogP contribution is 2.46. The first-order chi connectivity index (χ1) is 16.5. The van der Waals surface area contributed by atoms with Crippen molar-refractivity contribution in [3.8, 4) is 0 Å². The summed E-state index contributed by atoms with van der Waals surface area (Å²) in [6, 6.07) is 21.4. The number of aliphatic carboxylic acids is 1. The summed E-state index contributed by atoms with van der Waals surface area (Å²) in [6.45, 7) is 0. The number of carboxylic acids is 1. The largest absolute Gasteiger partial charge is 0.478 e. The summed E-state index contributed by atoms with van der Waals surface area (Å²) < 4.78 is 14.4. The summed E-state index contributed by atoms with van der Waals surface area (Å²) in [6.07, 6.45) is 5.91. The molecular formula is C28H22ClFN2O2. The van der Waals surface area contributed by atoms with E-state index in [2.05, 4.69) is 22.3 Å². The van der Waals surface area contributed by atoms with E-state index in [1.165, 1.54) is 11.6 Å². The molecule has 0 spiro atoms. The third kappa shape index (κ3) is 4.27. The van der Waals surface area contributed by atoms with Gasteiger partial charge in [-0.05, 0) is 70.9 Å². The smallest absolute Gasteiger partial charge is 0.328 e. The predicted octanol–water partition coefficient (Wildman–Crippen LogP) is 7.21. The molecule has 4 aromatic rings. The summed E-state index contributed by atoms with van der Waals surface area (Å²) in [5.41, 5.74) is 6.25. The molecule has 0 aliphatic heterocycles. The maximum atomic E-state index is 14.4. The first-order valence-corrected chi connectivity index (χ1v) is 11.5. The molecule has 0 saturated heterocycles. The highest BCUT2D eigenvalue weighted by molar-refractivity contribution is 6.33. The van der Waals surface area contributed by atoms with Gasteiger partial charge in [0.15, 0.2) is 0 Å². The van der Waals surface area contributed by atoms with Crippen LogP contribution < -0.4 is 0 Å². The normalized spacial score (nSPS) is 14.9. The average molecular weight is 473 g/mol. The molecule has 0 radical (unpaired) electrons. The number of fused-ring (bicyclic) bond motifs is 1. The van der Waals surface area contributed by atoms with Crippen molar-refractivity contribution < 1.29 is 14.3 Å². The van der Waals surface area contributed by atoms with Crippen molar-refractivity contribution in [2.24, 2.45) is 5.92 Å². The number of allylic oxidation sites excluding steroid dienone is 1. The number of hydrogen-bond donors (Lipinski definition) is 2. The average Bonchev–Trinajstić information content (AvgIpc) is 3.18. The Kier molecular flexibility index (Phi) is 6.03. The van der Waals surface area contributed by atoms with Gasteiger partial charge in [-0.2, -0.15) is 4.39 Å². The van der Waals surface area contributed by atoms with Crippen LogP contribution in [-0.2, 0) is 4.79 Å². The first-order valence-electron chi connectivity index (χ1n) is 11.2. The van der Waals surface area contributed by atoms with Crippen molar-refractivity contribution in [2.45, 2.75) is 19.3 Å². The second kappa shape index (κ2) is 9.27. The number of benzene rings is 3. The lowest BCUT2D eigenvalue weighted by molar-refractivity contribution is -0.131. The quantitative estimate of drug-likeness (QED) is 0.230. The van der Waals surface area contributed by atoms with Gasteiger partial charge >= 0.3 is 5.97 Å². The SMILES string of the molecule is O=C(O)C=Cc1ccc(C(=C(c2ccccc2)C2CCC2)c2ccc3[nH]nc(F)c3c2)c(Cl)c1. The van der Waals surface area contributed by atoms with E-state index in [9.17, 15) is 9.18 Å². The van der Waals surface area contributed by atoms with Crippen LogP contribution in [0, 0.1) is 11.9 Å². The van der Waals surface area contributed by atoms with E-state index in [4.69, 9.17) is 16.7 Å². The van der Waals surface area contributed by atoms with Crippen molar-refractivity contribution in [2.75, 3.05) is 0 Å². The molecule has 1 fully saturated rings. The highest BCUT2D eigenvalue weighted by atomic mass is 35.5. The lowest BCUT2D eigenvalue weighted by atomic mass is 9.73. The van der Waals surface area contributed by atoms with Crippen LogP contribution in [-0.4, -0.2) is 21.3 Å². The number of carbonyl (C=O) groups is 1. The number of rotatable bonds is 6. The molecule has 1 aromatic heterocycles. The second-order valence-electron chi connectivity index (χ2n) is 8.47. The Bertz CT molecular complexity index is 1440. The van der Waals surface area contributed by atoms with Gasteiger partial charge in [-0.25, -0.2) is 4.79 Å². The van der Waals surface area contributed by atoms with Gasteiger partial charge in [-0.3, -0.25) is 5.10 Å². The van der Waals surface area contributed by atoms with Crippen LogP contribution >= 0.6 is 11.6 Å². The number of halogens is 2. The molecule has 0 amide bonds. The number of aromatic nitrogens is 2. The second-order valence-corrected chi connectivity index (χ2v) is 8.88. The van der Waals surface area contributed by atoms with Gasteiger partial charge in [0.1, 0.15) is 0 Å². The molecule has 1 heterocycles. The number of nitrogens with zero attached hydrogens (tertiary/aromatic N) is 1. The van der Waals surface area contributed by atoms with Crippen LogP contribution in [0.5, 0.6) is 0 Å². The van der Waals surface area contributed by atoms with Gasteiger partial charge in [0.2, 0.25) is 5.95 Å². The molecule has 1 aliphatic carbocycles. The van der Waals surface area contributed by atoms with E-state index in [-0.39, 0.29) is 0 Å². The lowest BCUT2D eigenvalue weighted by Crippen LogP contribution is -2.15. The molecule has 170 valence electrons.